The van der Waals surface area contributed by atoms with E-state index in [2.05, 4.69) is 30.7 Å². The molecular weight excluding hydrogens is 196 g/mol. The van der Waals surface area contributed by atoms with E-state index in [-0.39, 0.29) is 6.61 Å². The van der Waals surface area contributed by atoms with Crippen LogP contribution in [0.3, 0.4) is 0 Å². The average molecular weight is 214 g/mol. The van der Waals surface area contributed by atoms with Gasteiger partial charge < -0.3 is 5.11 Å². The SMILES string of the molecule is CC(C)N(CCO)C(C)c1nccs1. The van der Waals surface area contributed by atoms with E-state index in [4.69, 9.17) is 5.11 Å². The smallest absolute Gasteiger partial charge is 0.109 e. The molecule has 0 aliphatic carbocycles. The van der Waals surface area contributed by atoms with Crippen LogP contribution in [0.25, 0.3) is 0 Å². The second-order valence-corrected chi connectivity index (χ2v) is 4.53. The third-order valence-electron chi connectivity index (χ3n) is 2.33. The number of rotatable bonds is 5. The summed E-state index contributed by atoms with van der Waals surface area (Å²) >= 11 is 1.67. The van der Waals surface area contributed by atoms with Crippen LogP contribution in [-0.4, -0.2) is 34.2 Å². The molecule has 0 saturated heterocycles. The first-order valence-corrected chi connectivity index (χ1v) is 5.80. The van der Waals surface area contributed by atoms with Gasteiger partial charge in [-0.3, -0.25) is 4.90 Å². The second-order valence-electron chi connectivity index (χ2n) is 3.60. The molecule has 0 radical (unpaired) electrons. The molecule has 1 unspecified atom stereocenters. The molecule has 80 valence electrons. The summed E-state index contributed by atoms with van der Waals surface area (Å²) in [5, 5.41) is 12.1. The fraction of sp³-hybridized carbons (Fsp3) is 0.700. The highest BCUT2D eigenvalue weighted by Crippen LogP contribution is 2.23. The highest BCUT2D eigenvalue weighted by Gasteiger charge is 2.19. The lowest BCUT2D eigenvalue weighted by Crippen LogP contribution is -2.35. The van der Waals surface area contributed by atoms with Crippen molar-refractivity contribution in [3.63, 3.8) is 0 Å². The van der Waals surface area contributed by atoms with Crippen LogP contribution in [0, 0.1) is 0 Å². The van der Waals surface area contributed by atoms with Gasteiger partial charge in [0.25, 0.3) is 0 Å². The Morgan fingerprint density at radius 2 is 2.21 bits per heavy atom. The first-order chi connectivity index (χ1) is 6.66. The van der Waals surface area contributed by atoms with Crippen molar-refractivity contribution in [2.45, 2.75) is 32.9 Å². The topological polar surface area (TPSA) is 36.4 Å². The number of aliphatic hydroxyl groups is 1. The summed E-state index contributed by atoms with van der Waals surface area (Å²) in [7, 11) is 0. The molecule has 0 amide bonds. The molecule has 4 heteroatoms. The van der Waals surface area contributed by atoms with E-state index in [1.54, 1.807) is 11.3 Å². The Hall–Kier alpha value is -0.450. The zero-order valence-corrected chi connectivity index (χ0v) is 9.79. The Morgan fingerprint density at radius 1 is 1.50 bits per heavy atom. The van der Waals surface area contributed by atoms with Gasteiger partial charge in [0.2, 0.25) is 0 Å². The third kappa shape index (κ3) is 2.77. The standard InChI is InChI=1S/C10H18N2OS/c1-8(2)12(5-6-13)9(3)10-11-4-7-14-10/h4,7-9,13H,5-6H2,1-3H3. The Kier molecular flexibility index (Phi) is 4.51. The van der Waals surface area contributed by atoms with Gasteiger partial charge in [-0.15, -0.1) is 11.3 Å². The van der Waals surface area contributed by atoms with Gasteiger partial charge in [-0.2, -0.15) is 0 Å². The van der Waals surface area contributed by atoms with Crippen molar-refractivity contribution >= 4 is 11.3 Å². The summed E-state index contributed by atoms with van der Waals surface area (Å²) in [6, 6.07) is 0.725. The van der Waals surface area contributed by atoms with Crippen LogP contribution in [0.15, 0.2) is 11.6 Å². The molecular formula is C10H18N2OS. The molecule has 1 rings (SSSR count). The van der Waals surface area contributed by atoms with Gasteiger partial charge in [-0.05, 0) is 20.8 Å². The Balaban J connectivity index is 2.68. The van der Waals surface area contributed by atoms with Crippen LogP contribution in [0.1, 0.15) is 31.8 Å². The maximum absolute atomic E-state index is 8.97. The quantitative estimate of drug-likeness (QED) is 0.813. The maximum atomic E-state index is 8.97. The largest absolute Gasteiger partial charge is 0.395 e. The van der Waals surface area contributed by atoms with Crippen LogP contribution >= 0.6 is 11.3 Å². The van der Waals surface area contributed by atoms with E-state index >= 15 is 0 Å². The minimum absolute atomic E-state index is 0.202. The van der Waals surface area contributed by atoms with E-state index in [0.717, 1.165) is 5.01 Å². The zero-order chi connectivity index (χ0) is 10.6. The number of hydrogen-bond acceptors (Lipinski definition) is 4. The van der Waals surface area contributed by atoms with Gasteiger partial charge in [-0.25, -0.2) is 4.98 Å². The Morgan fingerprint density at radius 3 is 2.64 bits per heavy atom. The predicted octanol–water partition coefficient (Wildman–Crippen LogP) is 1.91. The minimum atomic E-state index is 0.202. The third-order valence-corrected chi connectivity index (χ3v) is 3.27. The van der Waals surface area contributed by atoms with Crippen molar-refractivity contribution in [2.75, 3.05) is 13.2 Å². The number of aromatic nitrogens is 1. The van der Waals surface area contributed by atoms with E-state index in [9.17, 15) is 0 Å². The number of thiazole rings is 1. The lowest BCUT2D eigenvalue weighted by atomic mass is 10.2. The predicted molar refractivity (Wildman–Crippen MR) is 59.5 cm³/mol. The fourth-order valence-corrected chi connectivity index (χ4v) is 2.31. The van der Waals surface area contributed by atoms with Gasteiger partial charge in [0, 0.05) is 24.2 Å². The highest BCUT2D eigenvalue weighted by atomic mass is 32.1. The van der Waals surface area contributed by atoms with Crippen molar-refractivity contribution < 1.29 is 5.11 Å². The fourth-order valence-electron chi connectivity index (χ4n) is 1.60. The Bertz CT molecular complexity index is 249. The lowest BCUT2D eigenvalue weighted by Gasteiger charge is -2.30. The summed E-state index contributed by atoms with van der Waals surface area (Å²) < 4.78 is 0. The van der Waals surface area contributed by atoms with Gasteiger partial charge in [0.15, 0.2) is 0 Å². The van der Waals surface area contributed by atoms with Gasteiger partial charge in [0.05, 0.1) is 12.6 Å². The summed E-state index contributed by atoms with van der Waals surface area (Å²) in [6.45, 7) is 7.32. The molecule has 1 aromatic rings. The van der Waals surface area contributed by atoms with Crippen LogP contribution in [0.2, 0.25) is 0 Å². The zero-order valence-electron chi connectivity index (χ0n) is 8.97. The van der Waals surface area contributed by atoms with Gasteiger partial charge in [-0.1, -0.05) is 0 Å². The van der Waals surface area contributed by atoms with E-state index in [1.165, 1.54) is 0 Å². The molecule has 14 heavy (non-hydrogen) atoms. The lowest BCUT2D eigenvalue weighted by molar-refractivity contribution is 0.126. The molecule has 0 fully saturated rings. The van der Waals surface area contributed by atoms with Crippen molar-refractivity contribution in [2.24, 2.45) is 0 Å². The molecule has 0 aliphatic rings. The van der Waals surface area contributed by atoms with E-state index in [0.29, 0.717) is 18.6 Å². The van der Waals surface area contributed by atoms with Gasteiger partial charge in [0.1, 0.15) is 5.01 Å². The molecule has 0 saturated carbocycles. The number of hydrogen-bond donors (Lipinski definition) is 1. The second kappa shape index (κ2) is 5.44. The van der Waals surface area contributed by atoms with Crippen molar-refractivity contribution in [1.29, 1.82) is 0 Å². The summed E-state index contributed by atoms with van der Waals surface area (Å²) in [5.41, 5.74) is 0. The highest BCUT2D eigenvalue weighted by molar-refractivity contribution is 7.09. The van der Waals surface area contributed by atoms with Crippen molar-refractivity contribution in [1.82, 2.24) is 9.88 Å². The minimum Gasteiger partial charge on any atom is -0.395 e. The number of nitrogens with zero attached hydrogens (tertiary/aromatic N) is 2. The number of aliphatic hydroxyl groups excluding tert-OH is 1. The normalized spacial score (nSPS) is 13.9. The first kappa shape index (κ1) is 11.6. The van der Waals surface area contributed by atoms with Crippen molar-refractivity contribution in [3.05, 3.63) is 16.6 Å². The van der Waals surface area contributed by atoms with Gasteiger partial charge >= 0.3 is 0 Å². The van der Waals surface area contributed by atoms with E-state index in [1.807, 2.05) is 11.6 Å². The molecule has 1 aromatic heterocycles. The molecule has 3 nitrogen and oxygen atoms in total. The summed E-state index contributed by atoms with van der Waals surface area (Å²) in [4.78, 5) is 6.55. The molecule has 1 heterocycles. The summed E-state index contributed by atoms with van der Waals surface area (Å²) in [6.07, 6.45) is 1.83. The van der Waals surface area contributed by atoms with Crippen LogP contribution in [0.4, 0.5) is 0 Å². The Labute approximate surface area is 89.4 Å². The van der Waals surface area contributed by atoms with Crippen molar-refractivity contribution in [3.8, 4) is 0 Å². The molecule has 1 N–H and O–H groups in total. The molecule has 0 bridgehead atoms. The molecule has 0 spiro atoms. The van der Waals surface area contributed by atoms with Crippen LogP contribution in [0.5, 0.6) is 0 Å². The van der Waals surface area contributed by atoms with Crippen LogP contribution < -0.4 is 0 Å². The maximum Gasteiger partial charge on any atom is 0.109 e. The monoisotopic (exact) mass is 214 g/mol. The molecule has 0 aromatic carbocycles. The average Bonchev–Trinajstić information content (AvgIpc) is 2.65. The van der Waals surface area contributed by atoms with E-state index < -0.39 is 0 Å². The molecule has 1 atom stereocenters. The molecule has 0 aliphatic heterocycles. The van der Waals surface area contributed by atoms with Crippen LogP contribution in [-0.2, 0) is 0 Å². The summed E-state index contributed by atoms with van der Waals surface area (Å²) in [5.74, 6) is 0. The first-order valence-electron chi connectivity index (χ1n) is 4.92.